The van der Waals surface area contributed by atoms with Crippen LogP contribution in [-0.2, 0) is 0 Å². The number of fused-ring (bicyclic) bond motifs is 9. The lowest BCUT2D eigenvalue weighted by molar-refractivity contribution is 0.669. The minimum atomic E-state index is 0.865. The zero-order valence-electron chi connectivity index (χ0n) is 34.7. The van der Waals surface area contributed by atoms with E-state index >= 15 is 0 Å². The van der Waals surface area contributed by atoms with Gasteiger partial charge in [-0.25, -0.2) is 0 Å². The van der Waals surface area contributed by atoms with Gasteiger partial charge < -0.3 is 13.9 Å². The lowest BCUT2D eigenvalue weighted by Crippen LogP contribution is -2.10. The summed E-state index contributed by atoms with van der Waals surface area (Å²) >= 11 is 1.88. The summed E-state index contributed by atoms with van der Waals surface area (Å²) in [5.41, 5.74) is 15.7. The standard InChI is InChI=1S/C60H38N2OS/c1-5-15-39(16-6-1)42-26-33-56-51(35-42)52-38-46(28-34-57(52)63-56)61(45-27-31-54-50(37-45)48-23-13-14-24-53(48)62(54)44-21-11-4-12-22-44)55-32-30-47(41-19-9-3-10-20-41)60-59(55)49-29-25-43(36-58(49)64-60)40-17-7-2-8-18-40/h1-38H. The summed E-state index contributed by atoms with van der Waals surface area (Å²) < 4.78 is 11.5. The summed E-state index contributed by atoms with van der Waals surface area (Å²) in [6.07, 6.45) is 0. The van der Waals surface area contributed by atoms with Crippen LogP contribution in [0.2, 0.25) is 0 Å². The predicted molar refractivity (Wildman–Crippen MR) is 272 cm³/mol. The molecule has 0 fully saturated rings. The van der Waals surface area contributed by atoms with Gasteiger partial charge in [0, 0.05) is 58.8 Å². The maximum Gasteiger partial charge on any atom is 0.135 e. The lowest BCUT2D eigenvalue weighted by atomic mass is 9.98. The topological polar surface area (TPSA) is 21.3 Å². The summed E-state index contributed by atoms with van der Waals surface area (Å²) in [5.74, 6) is 0. The van der Waals surface area contributed by atoms with Crippen LogP contribution in [-0.4, -0.2) is 4.57 Å². The van der Waals surface area contributed by atoms with Crippen LogP contribution in [0.5, 0.6) is 0 Å². The molecule has 64 heavy (non-hydrogen) atoms. The Kier molecular flexibility index (Phi) is 8.40. The summed E-state index contributed by atoms with van der Waals surface area (Å²) in [5, 5.41) is 7.06. The van der Waals surface area contributed by atoms with Crippen LogP contribution in [0.1, 0.15) is 0 Å². The molecule has 0 bridgehead atoms. The van der Waals surface area contributed by atoms with Gasteiger partial charge in [0.25, 0.3) is 0 Å². The van der Waals surface area contributed by atoms with Gasteiger partial charge in [-0.05, 0) is 112 Å². The molecule has 3 nitrogen and oxygen atoms in total. The first-order valence-corrected chi connectivity index (χ1v) is 22.6. The highest BCUT2D eigenvalue weighted by molar-refractivity contribution is 7.26. The molecule has 4 heteroatoms. The highest BCUT2D eigenvalue weighted by Gasteiger charge is 2.24. The van der Waals surface area contributed by atoms with Crippen molar-refractivity contribution in [2.75, 3.05) is 4.90 Å². The number of hydrogen-bond acceptors (Lipinski definition) is 3. The molecule has 3 aromatic heterocycles. The Balaban J connectivity index is 1.10. The first-order chi connectivity index (χ1) is 31.7. The zero-order valence-corrected chi connectivity index (χ0v) is 35.5. The second-order valence-corrected chi connectivity index (χ2v) is 17.5. The fourth-order valence-corrected chi connectivity index (χ4v) is 11.1. The van der Waals surface area contributed by atoms with Crippen LogP contribution >= 0.6 is 11.3 Å². The Morgan fingerprint density at radius 1 is 0.375 bits per heavy atom. The van der Waals surface area contributed by atoms with Crippen LogP contribution in [0.25, 0.3) is 103 Å². The molecule has 0 N–H and O–H groups in total. The molecule has 0 aliphatic rings. The molecular weight excluding hydrogens is 797 g/mol. The molecule has 0 aliphatic carbocycles. The van der Waals surface area contributed by atoms with Crippen LogP contribution < -0.4 is 4.90 Å². The van der Waals surface area contributed by atoms with Gasteiger partial charge in [0.1, 0.15) is 11.2 Å². The van der Waals surface area contributed by atoms with Crippen LogP contribution in [0.15, 0.2) is 235 Å². The molecular formula is C60H38N2OS. The van der Waals surface area contributed by atoms with Crippen molar-refractivity contribution < 1.29 is 4.42 Å². The molecule has 13 aromatic rings. The molecule has 0 amide bonds. The molecule has 0 unspecified atom stereocenters. The molecule has 300 valence electrons. The smallest absolute Gasteiger partial charge is 0.135 e. The fourth-order valence-electron chi connectivity index (χ4n) is 9.80. The Bertz CT molecular complexity index is 3890. The lowest BCUT2D eigenvalue weighted by Gasteiger charge is -2.27. The third kappa shape index (κ3) is 5.88. The number of furan rings is 1. The number of para-hydroxylation sites is 2. The van der Waals surface area contributed by atoms with Crippen molar-refractivity contribution in [1.82, 2.24) is 4.57 Å². The molecule has 10 aromatic carbocycles. The van der Waals surface area contributed by atoms with Crippen molar-refractivity contribution >= 4 is 92.3 Å². The number of anilines is 3. The number of aromatic nitrogens is 1. The van der Waals surface area contributed by atoms with Gasteiger partial charge in [-0.15, -0.1) is 11.3 Å². The van der Waals surface area contributed by atoms with Crippen molar-refractivity contribution in [1.29, 1.82) is 0 Å². The van der Waals surface area contributed by atoms with E-state index in [1.807, 2.05) is 11.3 Å². The zero-order chi connectivity index (χ0) is 42.1. The molecule has 0 radical (unpaired) electrons. The van der Waals surface area contributed by atoms with E-state index in [1.54, 1.807) is 0 Å². The van der Waals surface area contributed by atoms with E-state index < -0.39 is 0 Å². The third-order valence-corrected chi connectivity index (χ3v) is 14.0. The Morgan fingerprint density at radius 3 is 1.67 bits per heavy atom. The van der Waals surface area contributed by atoms with Crippen molar-refractivity contribution in [3.63, 3.8) is 0 Å². The number of hydrogen-bond donors (Lipinski definition) is 0. The van der Waals surface area contributed by atoms with Gasteiger partial charge in [-0.1, -0.05) is 152 Å². The number of nitrogens with zero attached hydrogens (tertiary/aromatic N) is 2. The molecule has 0 atom stereocenters. The van der Waals surface area contributed by atoms with E-state index in [4.69, 9.17) is 4.42 Å². The number of thiophene rings is 1. The summed E-state index contributed by atoms with van der Waals surface area (Å²) in [4.78, 5) is 2.47. The monoisotopic (exact) mass is 834 g/mol. The van der Waals surface area contributed by atoms with Gasteiger partial charge in [0.05, 0.1) is 16.7 Å². The number of rotatable bonds is 7. The molecule has 3 heterocycles. The van der Waals surface area contributed by atoms with E-state index in [1.165, 1.54) is 69.8 Å². The summed E-state index contributed by atoms with van der Waals surface area (Å²) in [6.45, 7) is 0. The Labute approximate surface area is 373 Å². The maximum absolute atomic E-state index is 6.55. The van der Waals surface area contributed by atoms with E-state index in [0.29, 0.717) is 0 Å². The Morgan fingerprint density at radius 2 is 0.938 bits per heavy atom. The average molecular weight is 835 g/mol. The first-order valence-electron chi connectivity index (χ1n) is 21.7. The highest BCUT2D eigenvalue weighted by atomic mass is 32.1. The SMILES string of the molecule is c1ccc(-c2ccc3c(c2)sc2c(-c4ccccc4)ccc(N(c4ccc5oc6ccc(-c7ccccc7)cc6c5c4)c4ccc5c(c4)c4ccccc4n5-c4ccccc4)c23)cc1. The highest BCUT2D eigenvalue weighted by Crippen LogP contribution is 2.50. The van der Waals surface area contributed by atoms with Gasteiger partial charge in [-0.2, -0.15) is 0 Å². The quantitative estimate of drug-likeness (QED) is 0.159. The normalized spacial score (nSPS) is 11.8. The molecule has 13 rings (SSSR count). The van der Waals surface area contributed by atoms with E-state index in [2.05, 4.69) is 240 Å². The largest absolute Gasteiger partial charge is 0.456 e. The summed E-state index contributed by atoms with van der Waals surface area (Å²) in [7, 11) is 0. The minimum Gasteiger partial charge on any atom is -0.456 e. The maximum atomic E-state index is 6.55. The predicted octanol–water partition coefficient (Wildman–Crippen LogP) is 17.5. The van der Waals surface area contributed by atoms with Crippen molar-refractivity contribution in [3.8, 4) is 39.1 Å². The molecule has 0 aliphatic heterocycles. The second kappa shape index (κ2) is 14.7. The molecule has 0 saturated heterocycles. The van der Waals surface area contributed by atoms with Crippen molar-refractivity contribution in [3.05, 3.63) is 231 Å². The third-order valence-electron chi connectivity index (χ3n) is 12.8. The van der Waals surface area contributed by atoms with Gasteiger partial charge in [-0.3, -0.25) is 0 Å². The summed E-state index contributed by atoms with van der Waals surface area (Å²) in [6, 6.07) is 83.4. The Hall–Kier alpha value is -8.18. The van der Waals surface area contributed by atoms with Gasteiger partial charge in [0.15, 0.2) is 0 Å². The van der Waals surface area contributed by atoms with Crippen molar-refractivity contribution in [2.24, 2.45) is 0 Å². The van der Waals surface area contributed by atoms with Gasteiger partial charge in [0.2, 0.25) is 0 Å². The fraction of sp³-hybridized carbons (Fsp3) is 0. The number of benzene rings is 10. The molecule has 0 spiro atoms. The van der Waals surface area contributed by atoms with E-state index in [-0.39, 0.29) is 0 Å². The first kappa shape index (κ1) is 36.5. The van der Waals surface area contributed by atoms with Crippen LogP contribution in [0.4, 0.5) is 17.1 Å². The minimum absolute atomic E-state index is 0.865. The molecule has 0 saturated carbocycles. The van der Waals surface area contributed by atoms with E-state index in [9.17, 15) is 0 Å². The van der Waals surface area contributed by atoms with Gasteiger partial charge >= 0.3 is 0 Å². The van der Waals surface area contributed by atoms with Crippen LogP contribution in [0, 0.1) is 0 Å². The second-order valence-electron chi connectivity index (χ2n) is 16.5. The average Bonchev–Trinajstić information content (AvgIpc) is 4.04. The van der Waals surface area contributed by atoms with Crippen molar-refractivity contribution in [2.45, 2.75) is 0 Å². The van der Waals surface area contributed by atoms with E-state index in [0.717, 1.165) is 50.3 Å². The van der Waals surface area contributed by atoms with Crippen LogP contribution in [0.3, 0.4) is 0 Å².